The number of carboxylic acid groups (broad SMARTS) is 1. The summed E-state index contributed by atoms with van der Waals surface area (Å²) in [5.41, 5.74) is 7.22. The van der Waals surface area contributed by atoms with E-state index in [-0.39, 0.29) is 0 Å². The Balaban J connectivity index is 2.37. The van der Waals surface area contributed by atoms with Gasteiger partial charge < -0.3 is 10.8 Å². The number of aryl methyl sites for hydroxylation is 1. The number of imidazole rings is 1. The molecule has 1 unspecified atom stereocenters. The monoisotopic (exact) mass is 225 g/mol. The molecular formula is C9H11N3O2S. The van der Waals surface area contributed by atoms with Gasteiger partial charge in [0, 0.05) is 23.7 Å². The number of hydrogen-bond donors (Lipinski definition) is 2. The van der Waals surface area contributed by atoms with Gasteiger partial charge in [-0.3, -0.25) is 9.20 Å². The lowest BCUT2D eigenvalue weighted by Gasteiger charge is -2.05. The highest BCUT2D eigenvalue weighted by atomic mass is 32.1. The van der Waals surface area contributed by atoms with Crippen molar-refractivity contribution in [3.05, 3.63) is 23.0 Å². The van der Waals surface area contributed by atoms with Crippen LogP contribution in [0.15, 0.2) is 11.6 Å². The van der Waals surface area contributed by atoms with Gasteiger partial charge in [-0.15, -0.1) is 11.3 Å². The summed E-state index contributed by atoms with van der Waals surface area (Å²) in [5.74, 6) is -0.987. The van der Waals surface area contributed by atoms with Crippen molar-refractivity contribution in [3.8, 4) is 0 Å². The second-order valence-corrected chi connectivity index (χ2v) is 4.22. The lowest BCUT2D eigenvalue weighted by Crippen LogP contribution is -2.32. The second-order valence-electron chi connectivity index (χ2n) is 3.35. The number of nitrogens with two attached hydrogens (primary N) is 1. The minimum absolute atomic E-state index is 0.305. The third-order valence-electron chi connectivity index (χ3n) is 2.29. The lowest BCUT2D eigenvalue weighted by molar-refractivity contribution is -0.138. The summed E-state index contributed by atoms with van der Waals surface area (Å²) in [6.45, 7) is 1.86. The Hall–Kier alpha value is -1.40. The zero-order valence-corrected chi connectivity index (χ0v) is 8.99. The topological polar surface area (TPSA) is 80.6 Å². The van der Waals surface area contributed by atoms with Crippen molar-refractivity contribution >= 4 is 22.3 Å². The van der Waals surface area contributed by atoms with Gasteiger partial charge in [0.15, 0.2) is 4.96 Å². The molecule has 0 amide bonds. The third-order valence-corrected chi connectivity index (χ3v) is 3.05. The Kier molecular flexibility index (Phi) is 2.45. The smallest absolute Gasteiger partial charge is 0.320 e. The molecule has 1 atom stereocenters. The van der Waals surface area contributed by atoms with E-state index in [4.69, 9.17) is 10.8 Å². The molecule has 5 nitrogen and oxygen atoms in total. The van der Waals surface area contributed by atoms with Crippen molar-refractivity contribution in [2.45, 2.75) is 19.4 Å². The van der Waals surface area contributed by atoms with Crippen molar-refractivity contribution < 1.29 is 9.90 Å². The fourth-order valence-corrected chi connectivity index (χ4v) is 2.26. The first-order valence-corrected chi connectivity index (χ1v) is 5.37. The number of hydrogen-bond acceptors (Lipinski definition) is 4. The molecule has 0 aliphatic carbocycles. The Morgan fingerprint density at radius 3 is 3.20 bits per heavy atom. The first kappa shape index (κ1) is 10.1. The molecule has 0 saturated carbocycles. The zero-order chi connectivity index (χ0) is 11.0. The third kappa shape index (κ3) is 1.73. The molecule has 2 rings (SSSR count). The Morgan fingerprint density at radius 1 is 1.80 bits per heavy atom. The summed E-state index contributed by atoms with van der Waals surface area (Å²) >= 11 is 1.52. The van der Waals surface area contributed by atoms with E-state index in [1.165, 1.54) is 11.3 Å². The van der Waals surface area contributed by atoms with Crippen molar-refractivity contribution in [1.82, 2.24) is 9.38 Å². The molecule has 0 spiro atoms. The zero-order valence-electron chi connectivity index (χ0n) is 8.17. The number of rotatable bonds is 3. The van der Waals surface area contributed by atoms with Crippen LogP contribution in [0.25, 0.3) is 4.96 Å². The van der Waals surface area contributed by atoms with E-state index in [9.17, 15) is 4.79 Å². The first-order chi connectivity index (χ1) is 7.09. The van der Waals surface area contributed by atoms with Crippen LogP contribution in [0, 0.1) is 6.92 Å². The molecule has 80 valence electrons. The average molecular weight is 225 g/mol. The van der Waals surface area contributed by atoms with E-state index in [1.54, 1.807) is 0 Å². The van der Waals surface area contributed by atoms with E-state index in [2.05, 4.69) is 4.98 Å². The van der Waals surface area contributed by atoms with Crippen LogP contribution in [-0.4, -0.2) is 26.5 Å². The molecule has 6 heteroatoms. The number of carbonyl (C=O) groups is 1. The van der Waals surface area contributed by atoms with E-state index < -0.39 is 12.0 Å². The molecule has 3 N–H and O–H groups in total. The number of aromatic nitrogens is 2. The summed E-state index contributed by atoms with van der Waals surface area (Å²) in [4.78, 5) is 15.9. The van der Waals surface area contributed by atoms with E-state index in [1.807, 2.05) is 22.9 Å². The molecule has 2 aromatic rings. The summed E-state index contributed by atoms with van der Waals surface area (Å²) in [6.07, 6.45) is 2.18. The fraction of sp³-hybridized carbons (Fsp3) is 0.333. The minimum Gasteiger partial charge on any atom is -0.480 e. The highest BCUT2D eigenvalue weighted by Gasteiger charge is 2.17. The van der Waals surface area contributed by atoms with Crippen molar-refractivity contribution in [1.29, 1.82) is 0 Å². The van der Waals surface area contributed by atoms with Crippen LogP contribution < -0.4 is 5.73 Å². The predicted molar refractivity (Wildman–Crippen MR) is 57.1 cm³/mol. The van der Waals surface area contributed by atoms with Gasteiger partial charge >= 0.3 is 5.97 Å². The molecule has 0 aliphatic heterocycles. The number of fused-ring (bicyclic) bond motifs is 1. The van der Waals surface area contributed by atoms with Gasteiger partial charge in [0.1, 0.15) is 6.04 Å². The van der Waals surface area contributed by atoms with Gasteiger partial charge in [-0.2, -0.15) is 0 Å². The quantitative estimate of drug-likeness (QED) is 0.804. The molecule has 0 aromatic carbocycles. The highest BCUT2D eigenvalue weighted by Crippen LogP contribution is 2.17. The Labute approximate surface area is 90.2 Å². The molecule has 15 heavy (non-hydrogen) atoms. The van der Waals surface area contributed by atoms with Gasteiger partial charge in [0.25, 0.3) is 0 Å². The SMILES string of the molecule is Cc1nc2sccn2c1CC(N)C(=O)O. The maximum Gasteiger partial charge on any atom is 0.320 e. The van der Waals surface area contributed by atoms with Crippen LogP contribution in [-0.2, 0) is 11.2 Å². The van der Waals surface area contributed by atoms with Crippen LogP contribution in [0.5, 0.6) is 0 Å². The van der Waals surface area contributed by atoms with Gasteiger partial charge in [-0.25, -0.2) is 4.98 Å². The van der Waals surface area contributed by atoms with Gasteiger partial charge in [0.05, 0.1) is 5.69 Å². The fourth-order valence-electron chi connectivity index (χ4n) is 1.48. The van der Waals surface area contributed by atoms with Crippen molar-refractivity contribution in [2.24, 2.45) is 5.73 Å². The van der Waals surface area contributed by atoms with Crippen molar-refractivity contribution in [3.63, 3.8) is 0 Å². The molecule has 0 bridgehead atoms. The normalized spacial score (nSPS) is 13.2. The van der Waals surface area contributed by atoms with E-state index in [0.29, 0.717) is 6.42 Å². The highest BCUT2D eigenvalue weighted by molar-refractivity contribution is 7.15. The molecular weight excluding hydrogens is 214 g/mol. The van der Waals surface area contributed by atoms with Crippen LogP contribution in [0.3, 0.4) is 0 Å². The largest absolute Gasteiger partial charge is 0.480 e. The molecule has 0 aliphatic rings. The predicted octanol–water partition coefficient (Wildman–Crippen LogP) is 0.659. The van der Waals surface area contributed by atoms with Crippen molar-refractivity contribution in [2.75, 3.05) is 0 Å². The van der Waals surface area contributed by atoms with Gasteiger partial charge in [-0.1, -0.05) is 0 Å². The van der Waals surface area contributed by atoms with Crippen LogP contribution in [0.1, 0.15) is 11.4 Å². The maximum absolute atomic E-state index is 10.7. The summed E-state index contributed by atoms with van der Waals surface area (Å²) in [7, 11) is 0. The van der Waals surface area contributed by atoms with Crippen LogP contribution >= 0.6 is 11.3 Å². The van der Waals surface area contributed by atoms with E-state index in [0.717, 1.165) is 16.3 Å². The van der Waals surface area contributed by atoms with E-state index >= 15 is 0 Å². The van der Waals surface area contributed by atoms with Crippen LogP contribution in [0.2, 0.25) is 0 Å². The Bertz CT molecular complexity index is 502. The number of carboxylic acids is 1. The first-order valence-electron chi connectivity index (χ1n) is 4.49. The summed E-state index contributed by atoms with van der Waals surface area (Å²) in [5, 5.41) is 10.7. The number of thiazole rings is 1. The standard InChI is InChI=1S/C9H11N3O2S/c1-5-7(4-6(10)8(13)14)12-2-3-15-9(12)11-5/h2-3,6H,4,10H2,1H3,(H,13,14). The second kappa shape index (κ2) is 3.63. The minimum atomic E-state index is -0.987. The maximum atomic E-state index is 10.7. The lowest BCUT2D eigenvalue weighted by atomic mass is 10.1. The summed E-state index contributed by atoms with van der Waals surface area (Å²) < 4.78 is 1.89. The molecule has 0 radical (unpaired) electrons. The average Bonchev–Trinajstić information content (AvgIpc) is 2.69. The molecule has 2 aromatic heterocycles. The Morgan fingerprint density at radius 2 is 2.53 bits per heavy atom. The molecule has 0 fully saturated rings. The van der Waals surface area contributed by atoms with Gasteiger partial charge in [-0.05, 0) is 6.92 Å². The molecule has 0 saturated heterocycles. The number of nitrogens with zero attached hydrogens (tertiary/aromatic N) is 2. The summed E-state index contributed by atoms with van der Waals surface area (Å²) in [6, 6.07) is -0.872. The molecule has 2 heterocycles. The van der Waals surface area contributed by atoms with Gasteiger partial charge in [0.2, 0.25) is 0 Å². The number of aliphatic carboxylic acids is 1. The van der Waals surface area contributed by atoms with Crippen LogP contribution in [0.4, 0.5) is 0 Å².